The summed E-state index contributed by atoms with van der Waals surface area (Å²) in [4.78, 5) is 17.0. The molecule has 0 aliphatic carbocycles. The van der Waals surface area contributed by atoms with Crippen molar-refractivity contribution < 1.29 is 9.66 Å². The van der Waals surface area contributed by atoms with E-state index in [0.29, 0.717) is 0 Å². The number of benzene rings is 1. The van der Waals surface area contributed by atoms with Crippen LogP contribution in [0.3, 0.4) is 0 Å². The highest BCUT2D eigenvalue weighted by Crippen LogP contribution is 2.28. The highest BCUT2D eigenvalue weighted by molar-refractivity contribution is 7.14. The molecule has 0 radical (unpaired) electrons. The number of nitro benzene ring substituents is 1. The van der Waals surface area contributed by atoms with E-state index in [1.165, 1.54) is 12.1 Å². The fraction of sp³-hybridized carbons (Fsp3) is 0.308. The molecule has 20 heavy (non-hydrogen) atoms. The second-order valence-corrected chi connectivity index (χ2v) is 5.26. The molecule has 0 unspecified atom stereocenters. The Morgan fingerprint density at radius 1 is 1.25 bits per heavy atom. The van der Waals surface area contributed by atoms with E-state index in [1.54, 1.807) is 23.5 Å². The average Bonchev–Trinajstić information content (AvgIpc) is 2.98. The van der Waals surface area contributed by atoms with Crippen molar-refractivity contribution >= 4 is 22.2 Å². The van der Waals surface area contributed by atoms with E-state index in [0.717, 1.165) is 42.7 Å². The predicted molar refractivity (Wildman–Crippen MR) is 77.2 cm³/mol. The molecule has 7 heteroatoms. The van der Waals surface area contributed by atoms with Gasteiger partial charge in [-0.1, -0.05) is 0 Å². The van der Waals surface area contributed by atoms with Gasteiger partial charge in [-0.2, -0.15) is 0 Å². The van der Waals surface area contributed by atoms with Crippen molar-refractivity contribution in [3.63, 3.8) is 0 Å². The Balaban J connectivity index is 1.80. The highest BCUT2D eigenvalue weighted by atomic mass is 32.1. The quantitative estimate of drug-likeness (QED) is 0.642. The monoisotopic (exact) mass is 291 g/mol. The maximum atomic E-state index is 10.6. The molecule has 0 N–H and O–H groups in total. The molecule has 1 saturated heterocycles. The number of rotatable bonds is 3. The van der Waals surface area contributed by atoms with Gasteiger partial charge in [-0.25, -0.2) is 4.98 Å². The van der Waals surface area contributed by atoms with Crippen LogP contribution in [-0.2, 0) is 4.74 Å². The lowest BCUT2D eigenvalue weighted by Gasteiger charge is -2.26. The Labute approximate surface area is 119 Å². The summed E-state index contributed by atoms with van der Waals surface area (Å²) >= 11 is 1.59. The first-order chi connectivity index (χ1) is 9.74. The summed E-state index contributed by atoms with van der Waals surface area (Å²) in [7, 11) is 0. The van der Waals surface area contributed by atoms with Crippen molar-refractivity contribution in [1.82, 2.24) is 4.98 Å². The Hall–Kier alpha value is -1.99. The topological polar surface area (TPSA) is 68.5 Å². The minimum Gasteiger partial charge on any atom is -0.378 e. The van der Waals surface area contributed by atoms with E-state index in [-0.39, 0.29) is 5.69 Å². The SMILES string of the molecule is O=[N+]([O-])c1ccc(-c2csc(N3CCOCC3)n2)cc1. The predicted octanol–water partition coefficient (Wildman–Crippen LogP) is 2.55. The summed E-state index contributed by atoms with van der Waals surface area (Å²) in [5.74, 6) is 0. The van der Waals surface area contributed by atoms with Gasteiger partial charge in [0.05, 0.1) is 23.8 Å². The first-order valence-electron chi connectivity index (χ1n) is 6.27. The molecule has 0 bridgehead atoms. The third-order valence-corrected chi connectivity index (χ3v) is 4.05. The number of hydrogen-bond donors (Lipinski definition) is 0. The van der Waals surface area contributed by atoms with Crippen LogP contribution in [0.1, 0.15) is 0 Å². The Morgan fingerprint density at radius 2 is 1.95 bits per heavy atom. The molecule has 104 valence electrons. The minimum absolute atomic E-state index is 0.0948. The Morgan fingerprint density at radius 3 is 2.60 bits per heavy atom. The van der Waals surface area contributed by atoms with E-state index in [2.05, 4.69) is 9.88 Å². The van der Waals surface area contributed by atoms with Gasteiger partial charge in [0.25, 0.3) is 5.69 Å². The number of ether oxygens (including phenoxy) is 1. The molecule has 0 spiro atoms. The summed E-state index contributed by atoms with van der Waals surface area (Å²) in [5.41, 5.74) is 1.84. The Kier molecular flexibility index (Phi) is 3.62. The zero-order valence-corrected chi connectivity index (χ0v) is 11.5. The standard InChI is InChI=1S/C13H13N3O3S/c17-16(18)11-3-1-10(2-4-11)12-9-20-13(14-12)15-5-7-19-8-6-15/h1-4,9H,5-8H2. The third kappa shape index (κ3) is 2.63. The van der Waals surface area contributed by atoms with Gasteiger partial charge in [-0.3, -0.25) is 10.1 Å². The van der Waals surface area contributed by atoms with Crippen molar-refractivity contribution in [2.75, 3.05) is 31.2 Å². The summed E-state index contributed by atoms with van der Waals surface area (Å²) in [5, 5.41) is 13.6. The van der Waals surface area contributed by atoms with Gasteiger partial charge >= 0.3 is 0 Å². The van der Waals surface area contributed by atoms with Crippen LogP contribution in [0.4, 0.5) is 10.8 Å². The number of non-ortho nitro benzene ring substituents is 1. The number of aromatic nitrogens is 1. The minimum atomic E-state index is -0.399. The van der Waals surface area contributed by atoms with Gasteiger partial charge in [0, 0.05) is 36.2 Å². The van der Waals surface area contributed by atoms with Crippen LogP contribution < -0.4 is 4.90 Å². The summed E-state index contributed by atoms with van der Waals surface area (Å²) in [6.07, 6.45) is 0. The lowest BCUT2D eigenvalue weighted by Crippen LogP contribution is -2.36. The van der Waals surface area contributed by atoms with Crippen LogP contribution in [0, 0.1) is 10.1 Å². The molecule has 0 atom stereocenters. The van der Waals surface area contributed by atoms with Crippen LogP contribution in [0.15, 0.2) is 29.6 Å². The van der Waals surface area contributed by atoms with Crippen LogP contribution in [0.5, 0.6) is 0 Å². The lowest BCUT2D eigenvalue weighted by atomic mass is 10.1. The van der Waals surface area contributed by atoms with Crippen molar-refractivity contribution in [2.45, 2.75) is 0 Å². The molecule has 1 fully saturated rings. The first kappa shape index (κ1) is 13.0. The number of morpholine rings is 1. The van der Waals surface area contributed by atoms with Crippen LogP contribution in [0.2, 0.25) is 0 Å². The van der Waals surface area contributed by atoms with Gasteiger partial charge in [0.2, 0.25) is 0 Å². The van der Waals surface area contributed by atoms with E-state index < -0.39 is 4.92 Å². The van der Waals surface area contributed by atoms with Gasteiger partial charge in [0.15, 0.2) is 5.13 Å². The highest BCUT2D eigenvalue weighted by Gasteiger charge is 2.15. The maximum Gasteiger partial charge on any atom is 0.269 e. The van der Waals surface area contributed by atoms with Gasteiger partial charge in [-0.15, -0.1) is 11.3 Å². The molecule has 1 aromatic heterocycles. The number of thiazole rings is 1. The molecule has 2 heterocycles. The third-order valence-electron chi connectivity index (χ3n) is 3.15. The number of anilines is 1. The molecule has 2 aromatic rings. The zero-order valence-electron chi connectivity index (χ0n) is 10.7. The lowest BCUT2D eigenvalue weighted by molar-refractivity contribution is -0.384. The molecular formula is C13H13N3O3S. The first-order valence-corrected chi connectivity index (χ1v) is 7.15. The molecule has 3 rings (SSSR count). The Bertz CT molecular complexity index is 606. The summed E-state index contributed by atoms with van der Waals surface area (Å²) < 4.78 is 5.32. The number of nitro groups is 1. The van der Waals surface area contributed by atoms with Crippen LogP contribution >= 0.6 is 11.3 Å². The smallest absolute Gasteiger partial charge is 0.269 e. The van der Waals surface area contributed by atoms with Crippen LogP contribution in [0.25, 0.3) is 11.3 Å². The van der Waals surface area contributed by atoms with Crippen molar-refractivity contribution in [2.24, 2.45) is 0 Å². The molecule has 0 amide bonds. The molecule has 0 saturated carbocycles. The van der Waals surface area contributed by atoms with Crippen molar-refractivity contribution in [1.29, 1.82) is 0 Å². The summed E-state index contributed by atoms with van der Waals surface area (Å²) in [6.45, 7) is 3.17. The van der Waals surface area contributed by atoms with Crippen LogP contribution in [-0.4, -0.2) is 36.2 Å². The van der Waals surface area contributed by atoms with E-state index in [4.69, 9.17) is 4.74 Å². The van der Waals surface area contributed by atoms with Gasteiger partial charge < -0.3 is 9.64 Å². The molecule has 6 nitrogen and oxygen atoms in total. The molecule has 1 aliphatic rings. The van der Waals surface area contributed by atoms with Crippen molar-refractivity contribution in [3.05, 3.63) is 39.8 Å². The fourth-order valence-electron chi connectivity index (χ4n) is 2.05. The van der Waals surface area contributed by atoms with E-state index in [1.807, 2.05) is 5.38 Å². The largest absolute Gasteiger partial charge is 0.378 e. The fourth-order valence-corrected chi connectivity index (χ4v) is 2.94. The molecule has 1 aromatic carbocycles. The van der Waals surface area contributed by atoms with Crippen molar-refractivity contribution in [3.8, 4) is 11.3 Å². The maximum absolute atomic E-state index is 10.6. The second-order valence-electron chi connectivity index (χ2n) is 4.42. The number of hydrogen-bond acceptors (Lipinski definition) is 6. The van der Waals surface area contributed by atoms with Gasteiger partial charge in [-0.05, 0) is 12.1 Å². The molecular weight excluding hydrogens is 278 g/mol. The van der Waals surface area contributed by atoms with E-state index >= 15 is 0 Å². The van der Waals surface area contributed by atoms with Gasteiger partial charge in [0.1, 0.15) is 0 Å². The summed E-state index contributed by atoms with van der Waals surface area (Å²) in [6, 6.07) is 6.47. The second kappa shape index (κ2) is 5.56. The molecule has 1 aliphatic heterocycles. The van der Waals surface area contributed by atoms with E-state index in [9.17, 15) is 10.1 Å². The average molecular weight is 291 g/mol. The zero-order chi connectivity index (χ0) is 13.9. The number of nitrogens with zero attached hydrogens (tertiary/aromatic N) is 3. The normalized spacial score (nSPS) is 15.3.